The number of aryl methyl sites for hydroxylation is 1. The molecule has 1 N–H and O–H groups in total. The molecule has 0 atom stereocenters. The summed E-state index contributed by atoms with van der Waals surface area (Å²) in [7, 11) is 4.04. The van der Waals surface area contributed by atoms with Crippen molar-refractivity contribution >= 4 is 10.9 Å². The van der Waals surface area contributed by atoms with Crippen LogP contribution in [0.3, 0.4) is 0 Å². The van der Waals surface area contributed by atoms with E-state index in [-0.39, 0.29) is 0 Å². The first kappa shape index (κ1) is 16.0. The van der Waals surface area contributed by atoms with Crippen molar-refractivity contribution in [3.8, 4) is 23.1 Å². The minimum atomic E-state index is 0.632. The Labute approximate surface area is 141 Å². The third-order valence-corrected chi connectivity index (χ3v) is 3.95. The van der Waals surface area contributed by atoms with Gasteiger partial charge in [-0.15, -0.1) is 0 Å². The van der Waals surface area contributed by atoms with Crippen LogP contribution >= 0.6 is 0 Å². The molecule has 0 saturated heterocycles. The second-order valence-electron chi connectivity index (χ2n) is 5.97. The third-order valence-electron chi connectivity index (χ3n) is 3.95. The van der Waals surface area contributed by atoms with Gasteiger partial charge in [0, 0.05) is 23.7 Å². The molecule has 0 amide bonds. The molecule has 0 aliphatic heterocycles. The Kier molecular flexibility index (Phi) is 4.50. The lowest BCUT2D eigenvalue weighted by molar-refractivity contribution is 0.259. The first-order chi connectivity index (χ1) is 11.6. The number of nitrogens with one attached hydrogen (secondary N) is 1. The topological polar surface area (TPSA) is 64.9 Å². The van der Waals surface area contributed by atoms with Crippen molar-refractivity contribution in [3.05, 3.63) is 47.8 Å². The molecular formula is C19H20N4O. The molecular weight excluding hydrogens is 300 g/mol. The second kappa shape index (κ2) is 6.73. The van der Waals surface area contributed by atoms with Gasteiger partial charge in [-0.2, -0.15) is 5.26 Å². The average molecular weight is 320 g/mol. The van der Waals surface area contributed by atoms with E-state index in [1.165, 1.54) is 0 Å². The Hall–Kier alpha value is -2.84. The Balaban J connectivity index is 1.91. The Bertz CT molecular complexity index is 905. The molecule has 5 heteroatoms. The fourth-order valence-electron chi connectivity index (χ4n) is 2.65. The number of fused-ring (bicyclic) bond motifs is 1. The first-order valence-corrected chi connectivity index (χ1v) is 7.86. The second-order valence-corrected chi connectivity index (χ2v) is 5.97. The molecule has 0 bridgehead atoms. The van der Waals surface area contributed by atoms with Gasteiger partial charge in [0.25, 0.3) is 0 Å². The Morgan fingerprint density at radius 2 is 2.08 bits per heavy atom. The molecule has 0 aliphatic carbocycles. The fraction of sp³-hybridized carbons (Fsp3) is 0.263. The van der Waals surface area contributed by atoms with Crippen molar-refractivity contribution in [2.45, 2.75) is 6.92 Å². The van der Waals surface area contributed by atoms with Crippen LogP contribution in [-0.4, -0.2) is 42.1 Å². The van der Waals surface area contributed by atoms with Crippen molar-refractivity contribution in [2.24, 2.45) is 0 Å². The van der Waals surface area contributed by atoms with E-state index in [0.717, 1.165) is 40.1 Å². The number of pyridine rings is 1. The van der Waals surface area contributed by atoms with E-state index in [4.69, 9.17) is 4.74 Å². The van der Waals surface area contributed by atoms with Crippen molar-refractivity contribution in [1.29, 1.82) is 5.26 Å². The maximum atomic E-state index is 9.21. The predicted octanol–water partition coefficient (Wildman–Crippen LogP) is 3.35. The van der Waals surface area contributed by atoms with E-state index in [9.17, 15) is 5.26 Å². The maximum absolute atomic E-state index is 9.21. The number of nitrogens with zero attached hydrogens (tertiary/aromatic N) is 3. The van der Waals surface area contributed by atoms with Crippen LogP contribution in [0.2, 0.25) is 0 Å². The highest BCUT2D eigenvalue weighted by Crippen LogP contribution is 2.30. The minimum Gasteiger partial charge on any atom is -0.490 e. The summed E-state index contributed by atoms with van der Waals surface area (Å²) in [4.78, 5) is 9.94. The highest BCUT2D eigenvalue weighted by atomic mass is 16.5. The molecule has 122 valence electrons. The van der Waals surface area contributed by atoms with Gasteiger partial charge in [-0.1, -0.05) is 12.1 Å². The van der Waals surface area contributed by atoms with Gasteiger partial charge >= 0.3 is 0 Å². The highest BCUT2D eigenvalue weighted by molar-refractivity contribution is 5.97. The summed E-state index contributed by atoms with van der Waals surface area (Å²) in [6.45, 7) is 3.44. The van der Waals surface area contributed by atoms with Crippen molar-refractivity contribution in [3.63, 3.8) is 0 Å². The SMILES string of the molecule is Cc1nc(-c2c[nH]c3c(C#N)cccc23)ccc1OCCN(C)C. The van der Waals surface area contributed by atoms with Crippen LogP contribution in [0, 0.1) is 18.3 Å². The van der Waals surface area contributed by atoms with Crippen LogP contribution in [-0.2, 0) is 0 Å². The van der Waals surface area contributed by atoms with Crippen LogP contribution in [0.4, 0.5) is 0 Å². The fourth-order valence-corrected chi connectivity index (χ4v) is 2.65. The van der Waals surface area contributed by atoms with Gasteiger partial charge in [0.15, 0.2) is 0 Å². The van der Waals surface area contributed by atoms with E-state index in [1.54, 1.807) is 0 Å². The Morgan fingerprint density at radius 1 is 1.25 bits per heavy atom. The summed E-state index contributed by atoms with van der Waals surface area (Å²) in [5.41, 5.74) is 4.20. The first-order valence-electron chi connectivity index (χ1n) is 7.86. The number of aromatic nitrogens is 2. The number of para-hydroxylation sites is 1. The zero-order valence-corrected chi connectivity index (χ0v) is 14.1. The summed E-state index contributed by atoms with van der Waals surface area (Å²) in [6, 6.07) is 11.8. The van der Waals surface area contributed by atoms with Gasteiger partial charge in [0.2, 0.25) is 0 Å². The van der Waals surface area contributed by atoms with Gasteiger partial charge in [-0.3, -0.25) is 0 Å². The van der Waals surface area contributed by atoms with Crippen LogP contribution in [0.1, 0.15) is 11.3 Å². The van der Waals surface area contributed by atoms with Crippen LogP contribution in [0.25, 0.3) is 22.2 Å². The predicted molar refractivity (Wildman–Crippen MR) is 95.0 cm³/mol. The smallest absolute Gasteiger partial charge is 0.140 e. The molecule has 0 aliphatic rings. The number of nitriles is 1. The molecule has 2 heterocycles. The lowest BCUT2D eigenvalue weighted by Gasteiger charge is -2.12. The number of H-pyrrole nitrogens is 1. The zero-order valence-electron chi connectivity index (χ0n) is 14.1. The zero-order chi connectivity index (χ0) is 17.1. The van der Waals surface area contributed by atoms with E-state index < -0.39 is 0 Å². The molecule has 0 fully saturated rings. The molecule has 3 rings (SSSR count). The molecule has 1 aromatic carbocycles. The number of rotatable bonds is 5. The van der Waals surface area contributed by atoms with Crippen molar-refractivity contribution in [1.82, 2.24) is 14.9 Å². The summed E-state index contributed by atoms with van der Waals surface area (Å²) < 4.78 is 5.79. The number of hydrogen-bond donors (Lipinski definition) is 1. The van der Waals surface area contributed by atoms with Crippen LogP contribution in [0.5, 0.6) is 5.75 Å². The van der Waals surface area contributed by atoms with E-state index in [2.05, 4.69) is 20.9 Å². The van der Waals surface area contributed by atoms with Crippen LogP contribution < -0.4 is 4.74 Å². The molecule has 0 radical (unpaired) electrons. The highest BCUT2D eigenvalue weighted by Gasteiger charge is 2.11. The maximum Gasteiger partial charge on any atom is 0.140 e. The van der Waals surface area contributed by atoms with Gasteiger partial charge in [-0.05, 0) is 39.2 Å². The number of aromatic amines is 1. The van der Waals surface area contributed by atoms with Crippen molar-refractivity contribution < 1.29 is 4.74 Å². The average Bonchev–Trinajstić information content (AvgIpc) is 3.00. The molecule has 2 aromatic heterocycles. The molecule has 0 spiro atoms. The van der Waals surface area contributed by atoms with Gasteiger partial charge in [-0.25, -0.2) is 4.98 Å². The van der Waals surface area contributed by atoms with Gasteiger partial charge < -0.3 is 14.6 Å². The van der Waals surface area contributed by atoms with Gasteiger partial charge in [0.05, 0.1) is 22.5 Å². The number of likely N-dealkylation sites (N-methyl/N-ethyl adjacent to an activating group) is 1. The lowest BCUT2D eigenvalue weighted by atomic mass is 10.1. The quantitative estimate of drug-likeness (QED) is 0.783. The minimum absolute atomic E-state index is 0.632. The molecule has 5 nitrogen and oxygen atoms in total. The lowest BCUT2D eigenvalue weighted by Crippen LogP contribution is -2.19. The van der Waals surface area contributed by atoms with Gasteiger partial charge in [0.1, 0.15) is 18.4 Å². The van der Waals surface area contributed by atoms with E-state index in [0.29, 0.717) is 12.2 Å². The van der Waals surface area contributed by atoms with Crippen molar-refractivity contribution in [2.75, 3.05) is 27.2 Å². The largest absolute Gasteiger partial charge is 0.490 e. The molecule has 24 heavy (non-hydrogen) atoms. The summed E-state index contributed by atoms with van der Waals surface area (Å²) in [5, 5.41) is 10.2. The molecule has 0 unspecified atom stereocenters. The summed E-state index contributed by atoms with van der Waals surface area (Å²) in [5.74, 6) is 0.804. The Morgan fingerprint density at radius 3 is 2.79 bits per heavy atom. The summed E-state index contributed by atoms with van der Waals surface area (Å²) in [6.07, 6.45) is 1.90. The number of ether oxygens (including phenoxy) is 1. The van der Waals surface area contributed by atoms with Crippen LogP contribution in [0.15, 0.2) is 36.5 Å². The monoisotopic (exact) mass is 320 g/mol. The number of hydrogen-bond acceptors (Lipinski definition) is 4. The normalized spacial score (nSPS) is 11.0. The third kappa shape index (κ3) is 3.10. The van der Waals surface area contributed by atoms with E-state index in [1.807, 2.05) is 57.5 Å². The molecule has 3 aromatic rings. The number of benzene rings is 1. The standard InChI is InChI=1S/C19H20N4O/c1-13-18(24-10-9-23(2)3)8-7-17(22-13)16-12-21-19-14(11-20)5-4-6-15(16)19/h4-8,12,21H,9-10H2,1-3H3. The molecule has 0 saturated carbocycles. The summed E-state index contributed by atoms with van der Waals surface area (Å²) >= 11 is 0. The van der Waals surface area contributed by atoms with E-state index >= 15 is 0 Å².